The molecule has 1 aromatic carbocycles. The van der Waals surface area contributed by atoms with Crippen molar-refractivity contribution in [3.63, 3.8) is 0 Å². The first-order valence-corrected chi connectivity index (χ1v) is 9.89. The summed E-state index contributed by atoms with van der Waals surface area (Å²) in [5.41, 5.74) is 2.27. The summed E-state index contributed by atoms with van der Waals surface area (Å²) in [6.45, 7) is 3.28. The van der Waals surface area contributed by atoms with Crippen molar-refractivity contribution in [3.8, 4) is 0 Å². The number of rotatable bonds is 3. The summed E-state index contributed by atoms with van der Waals surface area (Å²) < 4.78 is 1.69. The lowest BCUT2D eigenvalue weighted by Gasteiger charge is -2.29. The minimum atomic E-state index is -0.189. The number of nitrogens with zero attached hydrogens (tertiary/aromatic N) is 2. The maximum atomic E-state index is 12.8. The number of thiophene rings is 1. The van der Waals surface area contributed by atoms with Gasteiger partial charge in [-0.2, -0.15) is 0 Å². The monoisotopic (exact) mass is 385 g/mol. The molecular weight excluding hydrogens is 366 g/mol. The third-order valence-corrected chi connectivity index (χ3v) is 6.37. The van der Waals surface area contributed by atoms with Crippen molar-refractivity contribution in [3.05, 3.63) is 61.5 Å². The quantitative estimate of drug-likeness (QED) is 0.704. The van der Waals surface area contributed by atoms with Crippen LogP contribution in [0.3, 0.4) is 0 Å². The summed E-state index contributed by atoms with van der Waals surface area (Å²) in [4.78, 5) is 32.4. The molecule has 3 aromatic rings. The van der Waals surface area contributed by atoms with Gasteiger partial charge in [-0.15, -0.1) is 11.3 Å². The van der Waals surface area contributed by atoms with E-state index in [0.29, 0.717) is 23.2 Å². The number of fused-ring (bicyclic) bond motifs is 2. The Morgan fingerprint density at radius 2 is 2.08 bits per heavy atom. The van der Waals surface area contributed by atoms with E-state index in [1.807, 2.05) is 18.2 Å². The third kappa shape index (κ3) is 3.01. The van der Waals surface area contributed by atoms with Gasteiger partial charge in [-0.3, -0.25) is 14.2 Å². The molecule has 0 aliphatic carbocycles. The van der Waals surface area contributed by atoms with Gasteiger partial charge in [-0.25, -0.2) is 0 Å². The molecule has 0 bridgehead atoms. The summed E-state index contributed by atoms with van der Waals surface area (Å²) in [6.07, 6.45) is 1.71. The van der Waals surface area contributed by atoms with Crippen LogP contribution < -0.4 is 5.56 Å². The van der Waals surface area contributed by atoms with Crippen LogP contribution >= 0.6 is 23.6 Å². The standard InChI is InChI=1S/C19H19N3O2S2/c1-2-14-9-15-17(26-14)20-19(25)22(18(15)24)11-16(23)21-8-7-12-5-3-4-6-13(12)10-21/h3-6,9H,2,7-8,10-11H2,1H3,(H,20,25). The average molecular weight is 386 g/mol. The molecule has 0 unspecified atom stereocenters. The summed E-state index contributed by atoms with van der Waals surface area (Å²) in [5.74, 6) is -0.0774. The minimum absolute atomic E-state index is 0.0242. The molecule has 1 aliphatic rings. The largest absolute Gasteiger partial charge is 0.336 e. The number of aromatic amines is 1. The molecule has 7 heteroatoms. The maximum Gasteiger partial charge on any atom is 0.263 e. The van der Waals surface area contributed by atoms with Crippen molar-refractivity contribution in [2.45, 2.75) is 32.9 Å². The molecule has 1 aliphatic heterocycles. The van der Waals surface area contributed by atoms with Crippen LogP contribution in [0.5, 0.6) is 0 Å². The Balaban J connectivity index is 1.62. The Morgan fingerprint density at radius 1 is 1.31 bits per heavy atom. The number of nitrogens with one attached hydrogen (secondary N) is 1. The highest BCUT2D eigenvalue weighted by atomic mass is 32.1. The molecule has 0 spiro atoms. The number of carbonyl (C=O) groups excluding carboxylic acids is 1. The van der Waals surface area contributed by atoms with Crippen LogP contribution in [0.2, 0.25) is 0 Å². The second kappa shape index (κ2) is 6.81. The lowest BCUT2D eigenvalue weighted by Crippen LogP contribution is -2.40. The number of aromatic nitrogens is 2. The molecule has 0 saturated carbocycles. The van der Waals surface area contributed by atoms with Crippen molar-refractivity contribution < 1.29 is 4.79 Å². The number of hydrogen-bond donors (Lipinski definition) is 1. The molecule has 0 saturated heterocycles. The zero-order valence-electron chi connectivity index (χ0n) is 14.4. The molecule has 1 amide bonds. The highest BCUT2D eigenvalue weighted by molar-refractivity contribution is 7.71. The van der Waals surface area contributed by atoms with Gasteiger partial charge in [-0.05, 0) is 42.3 Å². The normalized spacial score (nSPS) is 13.8. The second-order valence-corrected chi connectivity index (χ2v) is 7.99. The van der Waals surface area contributed by atoms with Crippen molar-refractivity contribution >= 4 is 39.7 Å². The van der Waals surface area contributed by atoms with Crippen molar-refractivity contribution in [1.82, 2.24) is 14.5 Å². The fourth-order valence-electron chi connectivity index (χ4n) is 3.36. The number of hydrogen-bond acceptors (Lipinski definition) is 4. The number of H-pyrrole nitrogens is 1. The molecule has 4 rings (SSSR count). The SMILES string of the molecule is CCc1cc2c(=O)n(CC(=O)N3CCc4ccccc4C3)c(=S)[nH]c2s1. The molecule has 0 radical (unpaired) electrons. The minimum Gasteiger partial charge on any atom is -0.336 e. The summed E-state index contributed by atoms with van der Waals surface area (Å²) in [7, 11) is 0. The van der Waals surface area contributed by atoms with Gasteiger partial charge in [0.1, 0.15) is 11.4 Å². The fraction of sp³-hybridized carbons (Fsp3) is 0.316. The molecule has 1 N–H and O–H groups in total. The molecule has 3 heterocycles. The van der Waals surface area contributed by atoms with E-state index in [1.54, 1.807) is 16.2 Å². The van der Waals surface area contributed by atoms with Crippen LogP contribution in [0.4, 0.5) is 0 Å². The highest BCUT2D eigenvalue weighted by Crippen LogP contribution is 2.22. The number of amides is 1. The fourth-order valence-corrected chi connectivity index (χ4v) is 4.66. The van der Waals surface area contributed by atoms with Gasteiger partial charge in [0.25, 0.3) is 5.56 Å². The van der Waals surface area contributed by atoms with Crippen LogP contribution in [0.25, 0.3) is 10.2 Å². The Morgan fingerprint density at radius 3 is 2.85 bits per heavy atom. The van der Waals surface area contributed by atoms with Gasteiger partial charge in [0.15, 0.2) is 4.77 Å². The van der Waals surface area contributed by atoms with E-state index in [-0.39, 0.29) is 18.0 Å². The smallest absolute Gasteiger partial charge is 0.263 e. The van der Waals surface area contributed by atoms with Crippen LogP contribution in [-0.4, -0.2) is 26.9 Å². The van der Waals surface area contributed by atoms with Crippen molar-refractivity contribution in [2.75, 3.05) is 6.54 Å². The predicted molar refractivity (Wildman–Crippen MR) is 106 cm³/mol. The Hall–Kier alpha value is -2.25. The molecule has 26 heavy (non-hydrogen) atoms. The first kappa shape index (κ1) is 17.2. The average Bonchev–Trinajstić information content (AvgIpc) is 3.07. The lowest BCUT2D eigenvalue weighted by molar-refractivity contribution is -0.132. The number of aryl methyl sites for hydroxylation is 1. The Kier molecular flexibility index (Phi) is 4.50. The zero-order chi connectivity index (χ0) is 18.3. The summed E-state index contributed by atoms with van der Waals surface area (Å²) in [6, 6.07) is 10.1. The van der Waals surface area contributed by atoms with Gasteiger partial charge in [0.05, 0.1) is 5.39 Å². The molecule has 134 valence electrons. The van der Waals surface area contributed by atoms with Crippen LogP contribution in [-0.2, 0) is 30.7 Å². The summed E-state index contributed by atoms with van der Waals surface area (Å²) >= 11 is 6.88. The Labute approximate surface area is 159 Å². The van der Waals surface area contributed by atoms with Gasteiger partial charge < -0.3 is 9.88 Å². The second-order valence-electron chi connectivity index (χ2n) is 6.46. The van der Waals surface area contributed by atoms with Crippen LogP contribution in [0.1, 0.15) is 22.9 Å². The Bertz CT molecular complexity index is 1110. The molecule has 5 nitrogen and oxygen atoms in total. The number of benzene rings is 1. The van der Waals surface area contributed by atoms with E-state index in [9.17, 15) is 9.59 Å². The maximum absolute atomic E-state index is 12.8. The first-order valence-electron chi connectivity index (χ1n) is 8.67. The molecule has 0 fully saturated rings. The van der Waals surface area contributed by atoms with E-state index in [4.69, 9.17) is 12.2 Å². The molecule has 0 atom stereocenters. The van der Waals surface area contributed by atoms with Gasteiger partial charge >= 0.3 is 0 Å². The van der Waals surface area contributed by atoms with E-state index < -0.39 is 0 Å². The van der Waals surface area contributed by atoms with Crippen molar-refractivity contribution in [2.24, 2.45) is 0 Å². The van der Waals surface area contributed by atoms with Gasteiger partial charge in [0, 0.05) is 18.0 Å². The van der Waals surface area contributed by atoms with Crippen LogP contribution in [0, 0.1) is 4.77 Å². The zero-order valence-corrected chi connectivity index (χ0v) is 16.1. The van der Waals surface area contributed by atoms with E-state index in [0.717, 1.165) is 22.5 Å². The van der Waals surface area contributed by atoms with Crippen molar-refractivity contribution in [1.29, 1.82) is 0 Å². The van der Waals surface area contributed by atoms with Gasteiger partial charge in [0.2, 0.25) is 5.91 Å². The topological polar surface area (TPSA) is 58.1 Å². The lowest BCUT2D eigenvalue weighted by atomic mass is 10.00. The highest BCUT2D eigenvalue weighted by Gasteiger charge is 2.21. The number of carbonyl (C=O) groups is 1. The van der Waals surface area contributed by atoms with E-state index in [2.05, 4.69) is 24.0 Å². The third-order valence-electron chi connectivity index (χ3n) is 4.85. The van der Waals surface area contributed by atoms with Gasteiger partial charge in [-0.1, -0.05) is 31.2 Å². The van der Waals surface area contributed by atoms with Crippen LogP contribution in [0.15, 0.2) is 35.1 Å². The molecular formula is C19H19N3O2S2. The van der Waals surface area contributed by atoms with E-state index >= 15 is 0 Å². The first-order chi connectivity index (χ1) is 12.6. The predicted octanol–water partition coefficient (Wildman–Crippen LogP) is 3.27. The molecule has 2 aromatic heterocycles. The summed E-state index contributed by atoms with van der Waals surface area (Å²) in [5, 5.41) is 0.609. The van der Waals surface area contributed by atoms with E-state index in [1.165, 1.54) is 15.7 Å².